The van der Waals surface area contributed by atoms with Gasteiger partial charge in [-0.3, -0.25) is 9.69 Å². The number of nitrogens with zero attached hydrogens (tertiary/aromatic N) is 6. The van der Waals surface area contributed by atoms with Gasteiger partial charge in [0.15, 0.2) is 5.65 Å². The number of carbonyl (C=O) groups excluding carboxylic acids is 1. The molecular weight excluding hydrogens is 531 g/mol. The number of amides is 1. The number of hydrogen-bond acceptors (Lipinski definition) is 6. The summed E-state index contributed by atoms with van der Waals surface area (Å²) in [6.45, 7) is 6.91. The molecule has 0 aliphatic carbocycles. The lowest BCUT2D eigenvalue weighted by atomic mass is 10.0. The number of likely N-dealkylation sites (N-methyl/N-ethyl adjacent to an activating group) is 1. The van der Waals surface area contributed by atoms with Crippen LogP contribution in [-0.4, -0.2) is 70.1 Å². The quantitative estimate of drug-likeness (QED) is 0.364. The van der Waals surface area contributed by atoms with E-state index in [1.165, 1.54) is 22.8 Å². The van der Waals surface area contributed by atoms with E-state index in [0.29, 0.717) is 36.7 Å². The van der Waals surface area contributed by atoms with Crippen molar-refractivity contribution in [2.24, 2.45) is 0 Å². The molecule has 41 heavy (non-hydrogen) atoms. The smallest absolute Gasteiger partial charge is 0.258 e. The Bertz CT molecular complexity index is 1600. The third-order valence-electron chi connectivity index (χ3n) is 8.13. The minimum Gasteiger partial charge on any atom is -0.349 e. The van der Waals surface area contributed by atoms with Crippen LogP contribution in [0.4, 0.5) is 24.7 Å². The van der Waals surface area contributed by atoms with E-state index in [1.807, 2.05) is 11.8 Å². The van der Waals surface area contributed by atoms with E-state index in [-0.39, 0.29) is 17.2 Å². The molecule has 0 spiro atoms. The van der Waals surface area contributed by atoms with Gasteiger partial charge in [0.05, 0.1) is 17.8 Å². The molecule has 2 saturated heterocycles. The Morgan fingerprint density at radius 1 is 1.02 bits per heavy atom. The molecule has 0 bridgehead atoms. The topological polar surface area (TPSA) is 69.0 Å². The van der Waals surface area contributed by atoms with Crippen LogP contribution in [0.15, 0.2) is 48.8 Å². The number of aromatic nitrogens is 3. The molecule has 4 heterocycles. The van der Waals surface area contributed by atoms with Crippen molar-refractivity contribution in [1.29, 1.82) is 0 Å². The largest absolute Gasteiger partial charge is 0.349 e. The van der Waals surface area contributed by atoms with Gasteiger partial charge in [-0.2, -0.15) is 5.10 Å². The summed E-state index contributed by atoms with van der Waals surface area (Å²) in [5.41, 5.74) is 2.63. The lowest BCUT2D eigenvalue weighted by molar-refractivity contribution is 0.102. The molecule has 1 unspecified atom stereocenters. The molecule has 2 aromatic carbocycles. The van der Waals surface area contributed by atoms with Crippen LogP contribution in [0.25, 0.3) is 5.65 Å². The number of hydrogen-bond donors (Lipinski definition) is 1. The van der Waals surface area contributed by atoms with Gasteiger partial charge in [0.25, 0.3) is 5.91 Å². The number of fused-ring (bicyclic) bond motifs is 1. The fourth-order valence-electron chi connectivity index (χ4n) is 5.75. The first-order chi connectivity index (χ1) is 19.8. The summed E-state index contributed by atoms with van der Waals surface area (Å²) in [5.74, 6) is -1.59. The summed E-state index contributed by atoms with van der Waals surface area (Å²) < 4.78 is 45.2. The van der Waals surface area contributed by atoms with Crippen molar-refractivity contribution >= 4 is 23.1 Å². The van der Waals surface area contributed by atoms with Crippen LogP contribution in [0.2, 0.25) is 0 Å². The molecule has 2 fully saturated rings. The van der Waals surface area contributed by atoms with Crippen molar-refractivity contribution in [2.75, 3.05) is 50.0 Å². The van der Waals surface area contributed by atoms with E-state index in [0.717, 1.165) is 55.9 Å². The molecule has 6 rings (SSSR count). The van der Waals surface area contributed by atoms with Crippen molar-refractivity contribution in [3.05, 3.63) is 88.5 Å². The minimum atomic E-state index is -0.597. The second-order valence-electron chi connectivity index (χ2n) is 10.9. The highest BCUT2D eigenvalue weighted by Gasteiger charge is 2.30. The first-order valence-corrected chi connectivity index (χ1v) is 13.8. The van der Waals surface area contributed by atoms with Crippen molar-refractivity contribution in [3.8, 4) is 0 Å². The number of carbonyl (C=O) groups is 1. The first-order valence-electron chi connectivity index (χ1n) is 13.8. The number of halogens is 3. The monoisotopic (exact) mass is 563 g/mol. The summed E-state index contributed by atoms with van der Waals surface area (Å²) in [5, 5.41) is 7.03. The third kappa shape index (κ3) is 5.51. The number of benzene rings is 2. The number of anilines is 2. The normalized spacial score (nSPS) is 18.4. The van der Waals surface area contributed by atoms with Gasteiger partial charge in [0.2, 0.25) is 0 Å². The zero-order chi connectivity index (χ0) is 28.7. The SMILES string of the molecule is Cc1cc(C(=O)Nc2cnn3ccc(N4CCCC4c4cc(F)ccc4F)nc23)c(F)cc1CN1CCN(C)CC1. The van der Waals surface area contributed by atoms with Gasteiger partial charge in [-0.05, 0) is 74.3 Å². The standard InChI is InChI=1S/C30H32F3N7O/c1-19-14-23(25(33)15-20(19)18-38-12-10-37(2)11-13-38)30(41)35-26-17-34-40-9-7-28(36-29(26)40)39-8-3-4-27(39)22-16-21(31)5-6-24(22)32/h5-7,9,14-17,27H,3-4,8,10-13,18H2,1-2H3,(H,35,41). The highest BCUT2D eigenvalue weighted by molar-refractivity contribution is 6.06. The van der Waals surface area contributed by atoms with Crippen LogP contribution < -0.4 is 10.2 Å². The molecule has 1 N–H and O–H groups in total. The molecular formula is C30H32F3N7O. The van der Waals surface area contributed by atoms with E-state index in [2.05, 4.69) is 27.3 Å². The van der Waals surface area contributed by atoms with Crippen molar-refractivity contribution in [3.63, 3.8) is 0 Å². The molecule has 4 aromatic rings. The first kappa shape index (κ1) is 27.2. The maximum absolute atomic E-state index is 15.2. The summed E-state index contributed by atoms with van der Waals surface area (Å²) in [7, 11) is 2.09. The average molecular weight is 564 g/mol. The van der Waals surface area contributed by atoms with Gasteiger partial charge >= 0.3 is 0 Å². The molecule has 11 heteroatoms. The number of nitrogens with one attached hydrogen (secondary N) is 1. The number of aryl methyl sites for hydroxylation is 1. The fourth-order valence-corrected chi connectivity index (χ4v) is 5.75. The summed E-state index contributed by atoms with van der Waals surface area (Å²) >= 11 is 0. The Morgan fingerprint density at radius 2 is 1.83 bits per heavy atom. The molecule has 1 amide bonds. The van der Waals surface area contributed by atoms with E-state index < -0.39 is 23.4 Å². The highest BCUT2D eigenvalue weighted by Crippen LogP contribution is 2.37. The molecule has 214 valence electrons. The predicted molar refractivity (Wildman–Crippen MR) is 151 cm³/mol. The number of rotatable bonds is 6. The van der Waals surface area contributed by atoms with Crippen LogP contribution in [0.3, 0.4) is 0 Å². The Balaban J connectivity index is 1.22. The van der Waals surface area contributed by atoms with E-state index in [4.69, 9.17) is 4.98 Å². The van der Waals surface area contributed by atoms with Crippen LogP contribution in [0, 0.1) is 24.4 Å². The maximum Gasteiger partial charge on any atom is 0.258 e. The Morgan fingerprint density at radius 3 is 2.63 bits per heavy atom. The lowest BCUT2D eigenvalue weighted by Gasteiger charge is -2.32. The van der Waals surface area contributed by atoms with Gasteiger partial charge < -0.3 is 15.1 Å². The van der Waals surface area contributed by atoms with E-state index in [9.17, 15) is 13.6 Å². The average Bonchev–Trinajstić information content (AvgIpc) is 3.60. The molecule has 8 nitrogen and oxygen atoms in total. The zero-order valence-corrected chi connectivity index (χ0v) is 23.1. The molecule has 1 atom stereocenters. The van der Waals surface area contributed by atoms with E-state index in [1.54, 1.807) is 18.3 Å². The minimum absolute atomic E-state index is 0.0543. The fraction of sp³-hybridized carbons (Fsp3) is 0.367. The van der Waals surface area contributed by atoms with Gasteiger partial charge in [-0.25, -0.2) is 22.7 Å². The summed E-state index contributed by atoms with van der Waals surface area (Å²) in [4.78, 5) is 24.4. The predicted octanol–water partition coefficient (Wildman–Crippen LogP) is 4.80. The molecule has 2 aliphatic rings. The lowest BCUT2D eigenvalue weighted by Crippen LogP contribution is -2.44. The second-order valence-corrected chi connectivity index (χ2v) is 10.9. The van der Waals surface area contributed by atoms with Gasteiger partial charge in [0.1, 0.15) is 29.0 Å². The number of piperazine rings is 1. The zero-order valence-electron chi connectivity index (χ0n) is 23.1. The second kappa shape index (κ2) is 11.1. The van der Waals surface area contributed by atoms with E-state index >= 15 is 4.39 Å². The maximum atomic E-state index is 15.2. The molecule has 2 aromatic heterocycles. The highest BCUT2D eigenvalue weighted by atomic mass is 19.1. The molecule has 2 aliphatic heterocycles. The van der Waals surface area contributed by atoms with Crippen LogP contribution >= 0.6 is 0 Å². The van der Waals surface area contributed by atoms with Crippen LogP contribution in [0.5, 0.6) is 0 Å². The van der Waals surface area contributed by atoms with Gasteiger partial charge in [-0.15, -0.1) is 0 Å². The van der Waals surface area contributed by atoms with Crippen molar-refractivity contribution in [1.82, 2.24) is 24.4 Å². The summed E-state index contributed by atoms with van der Waals surface area (Å²) in [6, 6.07) is 7.90. The van der Waals surface area contributed by atoms with Crippen molar-refractivity contribution < 1.29 is 18.0 Å². The Kier molecular flexibility index (Phi) is 7.39. The molecule has 0 saturated carbocycles. The Labute approximate surface area is 236 Å². The van der Waals surface area contributed by atoms with Crippen LogP contribution in [-0.2, 0) is 6.54 Å². The third-order valence-corrected chi connectivity index (χ3v) is 8.13. The van der Waals surface area contributed by atoms with Crippen molar-refractivity contribution in [2.45, 2.75) is 32.4 Å². The van der Waals surface area contributed by atoms with Crippen LogP contribution in [0.1, 0.15) is 45.9 Å². The molecule has 0 radical (unpaired) electrons. The van der Waals surface area contributed by atoms with Gasteiger partial charge in [-0.1, -0.05) is 0 Å². The Hall–Kier alpha value is -3.96. The van der Waals surface area contributed by atoms with Gasteiger partial charge in [0, 0.05) is 51.0 Å². The summed E-state index contributed by atoms with van der Waals surface area (Å²) in [6.07, 6.45) is 4.60.